The quantitative estimate of drug-likeness (QED) is 0.785. The Morgan fingerprint density at radius 2 is 2.14 bits per heavy atom. The second-order valence-corrected chi connectivity index (χ2v) is 6.84. The normalized spacial score (nSPS) is 19.1. The first-order valence-electron chi connectivity index (χ1n) is 7.53. The Bertz CT molecular complexity index is 492. The van der Waals surface area contributed by atoms with Crippen molar-refractivity contribution in [3.8, 4) is 0 Å². The van der Waals surface area contributed by atoms with Crippen molar-refractivity contribution in [3.05, 3.63) is 24.3 Å². The number of hydrogen-bond donors (Lipinski definition) is 2. The van der Waals surface area contributed by atoms with E-state index in [0.717, 1.165) is 56.8 Å². The van der Waals surface area contributed by atoms with Crippen molar-refractivity contribution in [3.63, 3.8) is 0 Å². The molecule has 0 atom stereocenters. The number of morpholine rings is 1. The maximum atomic E-state index is 5.59. The second-order valence-electron chi connectivity index (χ2n) is 5.31. The largest absolute Gasteiger partial charge is 0.370 e. The Morgan fingerprint density at radius 3 is 3.00 bits per heavy atom. The predicted molar refractivity (Wildman–Crippen MR) is 91.5 cm³/mol. The van der Waals surface area contributed by atoms with Gasteiger partial charge in [0.2, 0.25) is 0 Å². The van der Waals surface area contributed by atoms with Crippen LogP contribution in [0, 0.1) is 0 Å². The molecular formula is C15H22N3OS2+. The van der Waals surface area contributed by atoms with Crippen LogP contribution in [0.2, 0.25) is 0 Å². The molecule has 6 heteroatoms. The lowest BCUT2D eigenvalue weighted by molar-refractivity contribution is -0.906. The number of benzene rings is 1. The lowest BCUT2D eigenvalue weighted by Gasteiger charge is -2.31. The molecule has 2 aliphatic rings. The Labute approximate surface area is 135 Å². The van der Waals surface area contributed by atoms with Crippen LogP contribution in [-0.4, -0.2) is 56.8 Å². The number of nitrogens with zero attached hydrogens (tertiary/aromatic N) is 1. The van der Waals surface area contributed by atoms with E-state index in [4.69, 9.17) is 17.0 Å². The number of anilines is 1. The molecule has 0 bridgehead atoms. The van der Waals surface area contributed by atoms with Gasteiger partial charge in [0.25, 0.3) is 0 Å². The van der Waals surface area contributed by atoms with Gasteiger partial charge >= 0.3 is 0 Å². The number of rotatable bonds is 3. The van der Waals surface area contributed by atoms with Gasteiger partial charge in [0.1, 0.15) is 13.1 Å². The Hall–Kier alpha value is -0.820. The van der Waals surface area contributed by atoms with Crippen LogP contribution in [0.25, 0.3) is 0 Å². The summed E-state index contributed by atoms with van der Waals surface area (Å²) in [5.41, 5.74) is 1.24. The van der Waals surface area contributed by atoms with E-state index in [1.54, 1.807) is 4.90 Å². The third-order valence-corrected chi connectivity index (χ3v) is 5.34. The maximum Gasteiger partial charge on any atom is 0.173 e. The van der Waals surface area contributed by atoms with E-state index in [1.807, 2.05) is 11.8 Å². The Balaban J connectivity index is 1.51. The topological polar surface area (TPSA) is 28.9 Å². The van der Waals surface area contributed by atoms with Crippen molar-refractivity contribution < 1.29 is 9.64 Å². The second kappa shape index (κ2) is 7.45. The van der Waals surface area contributed by atoms with Crippen LogP contribution >= 0.6 is 24.0 Å². The number of ether oxygens (including phenoxy) is 1. The summed E-state index contributed by atoms with van der Waals surface area (Å²) in [6, 6.07) is 8.50. The van der Waals surface area contributed by atoms with E-state index in [-0.39, 0.29) is 0 Å². The summed E-state index contributed by atoms with van der Waals surface area (Å²) in [6.07, 6.45) is 0. The first kappa shape index (κ1) is 15.1. The minimum Gasteiger partial charge on any atom is -0.370 e. The summed E-state index contributed by atoms with van der Waals surface area (Å²) in [5, 5.41) is 4.28. The molecule has 114 valence electrons. The van der Waals surface area contributed by atoms with E-state index >= 15 is 0 Å². The highest BCUT2D eigenvalue weighted by Gasteiger charge is 2.20. The molecule has 21 heavy (non-hydrogen) atoms. The molecule has 1 aromatic carbocycles. The smallest absolute Gasteiger partial charge is 0.173 e. The van der Waals surface area contributed by atoms with Crippen LogP contribution in [0.15, 0.2) is 29.2 Å². The van der Waals surface area contributed by atoms with Crippen molar-refractivity contribution >= 4 is 34.8 Å². The maximum absolute atomic E-state index is 5.59. The first-order valence-corrected chi connectivity index (χ1v) is 8.92. The first-order chi connectivity index (χ1) is 10.3. The number of hydrogen-bond acceptors (Lipinski definition) is 3. The molecule has 1 aromatic rings. The van der Waals surface area contributed by atoms with Gasteiger partial charge < -0.3 is 19.9 Å². The van der Waals surface area contributed by atoms with Gasteiger partial charge in [-0.15, -0.1) is 11.8 Å². The van der Waals surface area contributed by atoms with E-state index < -0.39 is 0 Å². The lowest BCUT2D eigenvalue weighted by atomic mass is 10.3. The molecule has 2 heterocycles. The van der Waals surface area contributed by atoms with E-state index in [0.29, 0.717) is 0 Å². The predicted octanol–water partition coefficient (Wildman–Crippen LogP) is 0.388. The molecule has 2 aliphatic heterocycles. The zero-order valence-corrected chi connectivity index (χ0v) is 13.8. The highest BCUT2D eigenvalue weighted by atomic mass is 32.2. The number of fused-ring (bicyclic) bond motifs is 1. The molecule has 0 radical (unpaired) electrons. The van der Waals surface area contributed by atoms with Crippen molar-refractivity contribution in [2.75, 3.05) is 56.6 Å². The summed E-state index contributed by atoms with van der Waals surface area (Å²) >= 11 is 7.50. The molecule has 1 saturated heterocycles. The minimum atomic E-state index is 0.857. The minimum absolute atomic E-state index is 0.857. The summed E-state index contributed by atoms with van der Waals surface area (Å²) in [4.78, 5) is 5.16. The van der Waals surface area contributed by atoms with Gasteiger partial charge in [-0.2, -0.15) is 0 Å². The molecule has 0 saturated carbocycles. The van der Waals surface area contributed by atoms with Crippen molar-refractivity contribution in [2.45, 2.75) is 4.90 Å². The third kappa shape index (κ3) is 3.88. The zero-order chi connectivity index (χ0) is 14.5. The van der Waals surface area contributed by atoms with E-state index in [9.17, 15) is 0 Å². The van der Waals surface area contributed by atoms with Gasteiger partial charge in [0.05, 0.1) is 32.0 Å². The summed E-state index contributed by atoms with van der Waals surface area (Å²) in [5.74, 6) is 1.09. The average molecular weight is 324 g/mol. The lowest BCUT2D eigenvalue weighted by Crippen LogP contribution is -3.14. The molecule has 3 rings (SSSR count). The summed E-state index contributed by atoms with van der Waals surface area (Å²) < 4.78 is 5.38. The third-order valence-electron chi connectivity index (χ3n) is 3.93. The fourth-order valence-electron chi connectivity index (χ4n) is 2.73. The molecule has 0 unspecified atom stereocenters. The monoisotopic (exact) mass is 324 g/mol. The van der Waals surface area contributed by atoms with Gasteiger partial charge in [0, 0.05) is 17.2 Å². The average Bonchev–Trinajstić information content (AvgIpc) is 2.55. The van der Waals surface area contributed by atoms with Gasteiger partial charge in [-0.1, -0.05) is 12.1 Å². The molecular weight excluding hydrogens is 302 g/mol. The SMILES string of the molecule is S=C(NCC[NH+]1CCOCC1)N1CCSc2ccccc21. The Morgan fingerprint density at radius 1 is 1.33 bits per heavy atom. The number of thioether (sulfide) groups is 1. The van der Waals surface area contributed by atoms with Crippen LogP contribution in [0.1, 0.15) is 0 Å². The number of quaternary nitrogens is 1. The standard InChI is InChI=1S/C15H21N3OS2/c20-15(16-5-6-17-7-10-19-11-8-17)18-9-12-21-14-4-2-1-3-13(14)18/h1-4H,5-12H2,(H,16,20)/p+1. The molecule has 4 nitrogen and oxygen atoms in total. The molecule has 0 spiro atoms. The molecule has 2 N–H and O–H groups in total. The number of thiocarbonyl (C=S) groups is 1. The number of para-hydroxylation sites is 1. The van der Waals surface area contributed by atoms with Crippen LogP contribution in [0.3, 0.4) is 0 Å². The van der Waals surface area contributed by atoms with Crippen LogP contribution in [-0.2, 0) is 4.74 Å². The van der Waals surface area contributed by atoms with Crippen LogP contribution in [0.4, 0.5) is 5.69 Å². The zero-order valence-electron chi connectivity index (χ0n) is 12.1. The Kier molecular flexibility index (Phi) is 5.35. The van der Waals surface area contributed by atoms with Gasteiger partial charge in [-0.05, 0) is 24.4 Å². The van der Waals surface area contributed by atoms with E-state index in [2.05, 4.69) is 34.5 Å². The van der Waals surface area contributed by atoms with Crippen molar-refractivity contribution in [1.29, 1.82) is 0 Å². The number of nitrogens with one attached hydrogen (secondary N) is 2. The fourth-order valence-corrected chi connectivity index (χ4v) is 4.02. The fraction of sp³-hybridized carbons (Fsp3) is 0.533. The summed E-state index contributed by atoms with van der Waals surface area (Å²) in [6.45, 7) is 7.01. The van der Waals surface area contributed by atoms with Gasteiger partial charge in [-0.25, -0.2) is 0 Å². The summed E-state index contributed by atoms with van der Waals surface area (Å²) in [7, 11) is 0. The van der Waals surface area contributed by atoms with Gasteiger partial charge in [0.15, 0.2) is 5.11 Å². The van der Waals surface area contributed by atoms with Crippen molar-refractivity contribution in [2.24, 2.45) is 0 Å². The van der Waals surface area contributed by atoms with Crippen molar-refractivity contribution in [1.82, 2.24) is 5.32 Å². The van der Waals surface area contributed by atoms with Gasteiger partial charge in [-0.3, -0.25) is 0 Å². The van der Waals surface area contributed by atoms with E-state index in [1.165, 1.54) is 10.6 Å². The molecule has 0 aliphatic carbocycles. The highest BCUT2D eigenvalue weighted by molar-refractivity contribution is 7.99. The molecule has 0 aromatic heterocycles. The van der Waals surface area contributed by atoms with Crippen LogP contribution in [0.5, 0.6) is 0 Å². The molecule has 0 amide bonds. The van der Waals surface area contributed by atoms with Crippen LogP contribution < -0.4 is 15.1 Å². The highest BCUT2D eigenvalue weighted by Crippen LogP contribution is 2.34. The molecule has 1 fully saturated rings.